The molecule has 43 heteroatoms. The molecule has 0 saturated carbocycles. The van der Waals surface area contributed by atoms with Crippen LogP contribution in [0.2, 0.25) is 0 Å². The smallest absolute Gasteiger partial charge is 0.390 e. The van der Waals surface area contributed by atoms with E-state index in [1.54, 1.807) is 4.98 Å². The molecule has 414 valence electrons. The fourth-order valence-corrected chi connectivity index (χ4v) is 10.0. The number of aliphatic hydroxyl groups excluding tert-OH is 4. The van der Waals surface area contributed by atoms with E-state index in [0.717, 1.165) is 62.1 Å². The average molecular weight is 1150 g/mol. The summed E-state index contributed by atoms with van der Waals surface area (Å²) >= 11 is 0. The van der Waals surface area contributed by atoms with Gasteiger partial charge in [0, 0.05) is 36.8 Å². The Morgan fingerprint density at radius 3 is 1.11 bits per heavy atom. The van der Waals surface area contributed by atoms with Crippen molar-refractivity contribution in [3.8, 4) is 0 Å². The van der Waals surface area contributed by atoms with Crippen LogP contribution in [-0.2, 0) is 50.1 Å². The molecule has 6 rings (SSSR count). The number of aromatic nitrogens is 6. The fraction of sp³-hybridized carbons (Fsp3) is 0.600. The third-order valence-electron chi connectivity index (χ3n) is 10.1. The van der Waals surface area contributed by atoms with Crippen LogP contribution in [0.4, 0.5) is 13.2 Å². The number of H-pyrrole nitrogens is 3. The quantitative estimate of drug-likeness (QED) is 0.0668. The van der Waals surface area contributed by atoms with Crippen LogP contribution >= 0.6 is 31.3 Å². The highest BCUT2D eigenvalue weighted by Gasteiger charge is 2.66. The minimum atomic E-state index is -5.89. The molecule has 0 radical (unpaired) electrons. The van der Waals surface area contributed by atoms with E-state index in [1.807, 2.05) is 9.97 Å². The number of aromatic amines is 3. The molecule has 0 aliphatic carbocycles. The molecule has 3 aliphatic heterocycles. The maximum Gasteiger partial charge on any atom is 0.490 e. The molecular formula is C30H43F3N6O30P4. The van der Waals surface area contributed by atoms with Gasteiger partial charge in [0.2, 0.25) is 0 Å². The second-order valence-corrected chi connectivity index (χ2v) is 21.7. The lowest BCUT2D eigenvalue weighted by Crippen LogP contribution is -2.50. The molecule has 36 nitrogen and oxygen atoms in total. The third-order valence-corrected chi connectivity index (χ3v) is 14.4. The van der Waals surface area contributed by atoms with Gasteiger partial charge < -0.3 is 79.3 Å². The molecule has 0 spiro atoms. The summed E-state index contributed by atoms with van der Waals surface area (Å²) in [4.78, 5) is 126. The molecule has 0 bridgehead atoms. The summed E-state index contributed by atoms with van der Waals surface area (Å²) in [5, 5.41) is 69.1. The number of aliphatic hydroxyl groups is 7. The Hall–Kier alpha value is -4.05. The zero-order valence-corrected chi connectivity index (χ0v) is 40.1. The number of hydrogen-bond acceptors (Lipinski definition) is 24. The molecule has 3 saturated heterocycles. The zero-order valence-electron chi connectivity index (χ0n) is 36.6. The molecule has 6 heterocycles. The molecule has 3 aromatic heterocycles. The second kappa shape index (κ2) is 21.2. The van der Waals surface area contributed by atoms with Crippen molar-refractivity contribution in [2.75, 3.05) is 19.8 Å². The van der Waals surface area contributed by atoms with Gasteiger partial charge in [-0.25, -0.2) is 45.8 Å². The molecule has 14 atom stereocenters. The molecule has 0 aromatic carbocycles. The van der Waals surface area contributed by atoms with E-state index >= 15 is 4.39 Å². The van der Waals surface area contributed by atoms with Crippen molar-refractivity contribution in [2.45, 2.75) is 92.1 Å². The van der Waals surface area contributed by atoms with Crippen LogP contribution in [0, 0.1) is 0 Å². The van der Waals surface area contributed by atoms with Gasteiger partial charge in [-0.05, 0) is 20.8 Å². The van der Waals surface area contributed by atoms with E-state index in [9.17, 15) is 91.3 Å². The van der Waals surface area contributed by atoms with Gasteiger partial charge in [-0.15, -0.1) is 0 Å². The predicted molar refractivity (Wildman–Crippen MR) is 221 cm³/mol. The highest BCUT2D eigenvalue weighted by molar-refractivity contribution is 7.66. The van der Waals surface area contributed by atoms with Crippen molar-refractivity contribution in [1.82, 2.24) is 28.7 Å². The van der Waals surface area contributed by atoms with Crippen molar-refractivity contribution in [3.05, 3.63) is 99.3 Å². The maximum absolute atomic E-state index is 15.1. The van der Waals surface area contributed by atoms with Crippen molar-refractivity contribution >= 4 is 31.3 Å². The van der Waals surface area contributed by atoms with Crippen molar-refractivity contribution < 1.29 is 128 Å². The Balaban J connectivity index is 0.000000245. The minimum absolute atomic E-state index is 0.483. The summed E-state index contributed by atoms with van der Waals surface area (Å²) in [5.41, 5.74) is -12.6. The third kappa shape index (κ3) is 14.1. The lowest BCUT2D eigenvalue weighted by Gasteiger charge is -2.27. The first-order valence-corrected chi connectivity index (χ1v) is 25.3. The summed E-state index contributed by atoms with van der Waals surface area (Å²) in [6.07, 6.45) is -9.60. The standard InChI is InChI=1S/C10H16FN2O15P3.C10H14FN2O9P.C10H13FN2O6/c1-9(17)6(15)10(11,26-7(9)13-3-2-5(14)12-8(13)16)4-25-30(21,22)28-31(23,24)27-29(18,19)20;1-9(17)6(15)10(11,4-21-23(18,19)20)22-7(9)13-3-2-5(14)12-8(13)16;1-9(18)6(16)10(11,4-14)19-7(9)13-3-2-5(15)12-8(13)17/h2-3,6-7,15,17H,4H2,1H3,(H,21,22)(H,23,24)(H,12,14,16)(H2,18,19,20);2-3,6-7,15,17H,4H2,1H3,(H,12,14,16)(H2,18,19,20);2-3,6-7,14,16,18H,4H2,1H3,(H,12,15,17)/t3*6-,7+,9+,10+/m000/s1. The second-order valence-electron chi connectivity index (χ2n) is 16.0. The molecular weight excluding hydrogens is 1110 g/mol. The number of nitrogens with zero attached hydrogens (tertiary/aromatic N) is 3. The van der Waals surface area contributed by atoms with Gasteiger partial charge in [-0.3, -0.25) is 52.1 Å². The van der Waals surface area contributed by atoms with Crippen LogP contribution in [0.3, 0.4) is 0 Å². The topological polar surface area (TPSA) is 560 Å². The summed E-state index contributed by atoms with van der Waals surface area (Å²) in [6, 6.07) is 2.68. The first kappa shape index (κ1) is 61.5. The summed E-state index contributed by atoms with van der Waals surface area (Å²) < 4.78 is 119. The largest absolute Gasteiger partial charge is 0.490 e. The van der Waals surface area contributed by atoms with Crippen LogP contribution in [-0.4, -0.2) is 166 Å². The lowest BCUT2D eigenvalue weighted by atomic mass is 9.95. The highest BCUT2D eigenvalue weighted by atomic mass is 31.3. The van der Waals surface area contributed by atoms with E-state index in [1.165, 1.54) is 0 Å². The van der Waals surface area contributed by atoms with Crippen LogP contribution in [0.15, 0.2) is 65.6 Å². The van der Waals surface area contributed by atoms with Crippen molar-refractivity contribution in [2.24, 2.45) is 0 Å². The molecule has 2 unspecified atom stereocenters. The Labute approximate surface area is 399 Å². The number of phosphoric ester groups is 2. The van der Waals surface area contributed by atoms with Crippen LogP contribution in [0.5, 0.6) is 0 Å². The number of nitrogens with one attached hydrogen (secondary N) is 3. The van der Waals surface area contributed by atoms with Gasteiger partial charge in [0.05, 0.1) is 0 Å². The predicted octanol–water partition coefficient (Wildman–Crippen LogP) is -6.03. The van der Waals surface area contributed by atoms with Crippen molar-refractivity contribution in [1.29, 1.82) is 0 Å². The van der Waals surface area contributed by atoms with E-state index in [0.29, 0.717) is 9.13 Å². The minimum Gasteiger partial charge on any atom is -0.390 e. The SMILES string of the molecule is C[C@]1(O)[C@H](n2ccc(=O)[nH]c2=O)O[C@](F)(CO)[C@H]1O.C[C@]1(O)[C@H](n2ccc(=O)[nH]c2=O)O[C@](F)(COP(=O)(O)O)[C@H]1O.C[C@]1(O)[C@H](n2ccc(=O)[nH]c2=O)O[C@](F)(COP(=O)(O)OP(=O)(O)OP(=O)(O)O)[C@H]1O. The lowest BCUT2D eigenvalue weighted by molar-refractivity contribution is -0.207. The number of phosphoric acid groups is 4. The molecule has 3 aromatic rings. The Kier molecular flexibility index (Phi) is 17.8. The summed E-state index contributed by atoms with van der Waals surface area (Å²) in [6.45, 7) is -1.55. The Morgan fingerprint density at radius 1 is 0.534 bits per heavy atom. The number of rotatable bonds is 14. The number of ether oxygens (including phenoxy) is 3. The number of alkyl halides is 3. The van der Waals surface area contributed by atoms with E-state index < -0.39 is 156 Å². The van der Waals surface area contributed by atoms with Gasteiger partial charge in [0.15, 0.2) is 18.7 Å². The summed E-state index contributed by atoms with van der Waals surface area (Å²) in [5.74, 6) is -9.64. The van der Waals surface area contributed by atoms with Gasteiger partial charge in [0.1, 0.15) is 54.9 Å². The first-order valence-electron chi connectivity index (χ1n) is 19.2. The summed E-state index contributed by atoms with van der Waals surface area (Å²) in [7, 11) is -22.4. The van der Waals surface area contributed by atoms with Crippen molar-refractivity contribution in [3.63, 3.8) is 0 Å². The number of hydrogen-bond donors (Lipinski definition) is 16. The van der Waals surface area contributed by atoms with Gasteiger partial charge in [-0.2, -0.15) is 8.62 Å². The molecule has 3 fully saturated rings. The van der Waals surface area contributed by atoms with Crippen LogP contribution in [0.25, 0.3) is 0 Å². The van der Waals surface area contributed by atoms with Crippen LogP contribution in [0.1, 0.15) is 39.5 Å². The van der Waals surface area contributed by atoms with Gasteiger partial charge in [0.25, 0.3) is 34.2 Å². The zero-order chi connectivity index (χ0) is 56.1. The average Bonchev–Trinajstić information content (AvgIpc) is 3.62. The molecule has 0 amide bonds. The van der Waals surface area contributed by atoms with E-state index in [2.05, 4.69) is 17.7 Å². The van der Waals surface area contributed by atoms with E-state index in [4.69, 9.17) is 43.8 Å². The van der Waals surface area contributed by atoms with Crippen LogP contribution < -0.4 is 33.7 Å². The van der Waals surface area contributed by atoms with Gasteiger partial charge >= 0.3 is 48.4 Å². The Bertz CT molecular complexity index is 3080. The molecule has 16 N–H and O–H groups in total. The fourth-order valence-electron chi connectivity index (χ4n) is 6.67. The van der Waals surface area contributed by atoms with Gasteiger partial charge in [-0.1, -0.05) is 0 Å². The molecule has 3 aliphatic rings. The monoisotopic (exact) mass is 1150 g/mol. The van der Waals surface area contributed by atoms with E-state index in [-0.39, 0.29) is 0 Å². The first-order chi connectivity index (χ1) is 32.9. The Morgan fingerprint density at radius 2 is 0.836 bits per heavy atom. The molecule has 73 heavy (non-hydrogen) atoms. The highest BCUT2D eigenvalue weighted by Crippen LogP contribution is 2.66. The number of halogens is 3. The maximum atomic E-state index is 15.1. The normalized spacial score (nSPS) is 35.0.